The van der Waals surface area contributed by atoms with Gasteiger partial charge in [0.2, 0.25) is 0 Å². The van der Waals surface area contributed by atoms with Gasteiger partial charge in [-0.1, -0.05) is 63.1 Å². The second kappa shape index (κ2) is 7.99. The first kappa shape index (κ1) is 17.8. The van der Waals surface area contributed by atoms with Gasteiger partial charge in [-0.05, 0) is 56.0 Å². The summed E-state index contributed by atoms with van der Waals surface area (Å²) in [7, 11) is 0. The summed E-state index contributed by atoms with van der Waals surface area (Å²) in [5.41, 5.74) is 1.44. The van der Waals surface area contributed by atoms with E-state index in [0.717, 1.165) is 18.1 Å². The zero-order valence-electron chi connectivity index (χ0n) is 16.9. The van der Waals surface area contributed by atoms with Gasteiger partial charge < -0.3 is 4.57 Å². The molecule has 146 valence electrons. The summed E-state index contributed by atoms with van der Waals surface area (Å²) in [6, 6.07) is 14.5. The molecule has 1 aromatic heterocycles. The summed E-state index contributed by atoms with van der Waals surface area (Å²) in [6.45, 7) is 0. The molecule has 2 nitrogen and oxygen atoms in total. The van der Waals surface area contributed by atoms with Crippen molar-refractivity contribution in [2.24, 2.45) is 0 Å². The van der Waals surface area contributed by atoms with Crippen LogP contribution in [-0.4, -0.2) is 27.6 Å². The number of fused-ring (bicyclic) bond motifs is 3. The SMILES string of the molecule is c1ccc2c(c1)ccn2C1C[C@H]2CC[C@@H](C1)N2C1CCCCCCCCC1. The predicted molar refractivity (Wildman–Crippen MR) is 114 cm³/mol. The van der Waals surface area contributed by atoms with Gasteiger partial charge in [0, 0.05) is 35.9 Å². The number of aromatic nitrogens is 1. The second-order valence-corrected chi connectivity index (χ2v) is 9.45. The number of benzene rings is 1. The smallest absolute Gasteiger partial charge is 0.0482 e. The monoisotopic (exact) mass is 364 g/mol. The lowest BCUT2D eigenvalue weighted by molar-refractivity contribution is 0.0518. The van der Waals surface area contributed by atoms with Crippen LogP contribution in [0.2, 0.25) is 0 Å². The van der Waals surface area contributed by atoms with E-state index < -0.39 is 0 Å². The van der Waals surface area contributed by atoms with E-state index in [-0.39, 0.29) is 0 Å². The van der Waals surface area contributed by atoms with E-state index in [1.807, 2.05) is 0 Å². The first-order valence-corrected chi connectivity index (χ1v) is 11.7. The summed E-state index contributed by atoms with van der Waals surface area (Å²) in [5.74, 6) is 0. The van der Waals surface area contributed by atoms with Crippen molar-refractivity contribution in [3.05, 3.63) is 36.5 Å². The summed E-state index contributed by atoms with van der Waals surface area (Å²) in [5, 5.41) is 1.40. The van der Waals surface area contributed by atoms with Crippen LogP contribution in [0.1, 0.15) is 89.5 Å². The van der Waals surface area contributed by atoms with Crippen molar-refractivity contribution in [2.45, 2.75) is 108 Å². The molecule has 3 heterocycles. The van der Waals surface area contributed by atoms with Gasteiger partial charge in [0.25, 0.3) is 0 Å². The number of para-hydroxylation sites is 1. The summed E-state index contributed by atoms with van der Waals surface area (Å²) in [6.07, 6.45) is 21.2. The Balaban J connectivity index is 1.32. The van der Waals surface area contributed by atoms with Crippen LogP contribution >= 0.6 is 0 Å². The number of nitrogens with zero attached hydrogens (tertiary/aromatic N) is 2. The van der Waals surface area contributed by atoms with Crippen LogP contribution < -0.4 is 0 Å². The third kappa shape index (κ3) is 3.58. The van der Waals surface area contributed by atoms with Crippen LogP contribution in [0, 0.1) is 0 Å². The molecule has 0 spiro atoms. The maximum Gasteiger partial charge on any atom is 0.0482 e. The van der Waals surface area contributed by atoms with E-state index in [1.54, 1.807) is 0 Å². The van der Waals surface area contributed by atoms with Crippen molar-refractivity contribution in [1.29, 1.82) is 0 Å². The summed E-state index contributed by atoms with van der Waals surface area (Å²) < 4.78 is 2.60. The molecular formula is C25H36N2. The van der Waals surface area contributed by atoms with Gasteiger partial charge >= 0.3 is 0 Å². The number of piperidine rings is 1. The van der Waals surface area contributed by atoms with Crippen molar-refractivity contribution < 1.29 is 0 Å². The van der Waals surface area contributed by atoms with Gasteiger partial charge in [0.15, 0.2) is 0 Å². The molecule has 1 saturated carbocycles. The minimum absolute atomic E-state index is 0.707. The zero-order chi connectivity index (χ0) is 18.1. The van der Waals surface area contributed by atoms with Crippen LogP contribution in [0.4, 0.5) is 0 Å². The Morgan fingerprint density at radius 2 is 1.22 bits per heavy atom. The molecule has 3 atom stereocenters. The van der Waals surface area contributed by atoms with Crippen LogP contribution in [0.3, 0.4) is 0 Å². The van der Waals surface area contributed by atoms with Crippen LogP contribution in [0.5, 0.6) is 0 Å². The topological polar surface area (TPSA) is 8.17 Å². The molecule has 0 amide bonds. The Hall–Kier alpha value is -1.28. The number of hydrogen-bond acceptors (Lipinski definition) is 1. The molecule has 0 radical (unpaired) electrons. The molecule has 2 bridgehead atoms. The van der Waals surface area contributed by atoms with Crippen molar-refractivity contribution in [3.8, 4) is 0 Å². The van der Waals surface area contributed by atoms with Gasteiger partial charge in [-0.25, -0.2) is 0 Å². The fourth-order valence-electron chi connectivity index (χ4n) is 6.52. The fraction of sp³-hybridized carbons (Fsp3) is 0.680. The molecule has 2 aromatic rings. The molecule has 2 saturated heterocycles. The third-order valence-electron chi connectivity index (χ3n) is 7.78. The number of hydrogen-bond donors (Lipinski definition) is 0. The van der Waals surface area contributed by atoms with Crippen LogP contribution in [-0.2, 0) is 0 Å². The molecule has 1 unspecified atom stereocenters. The quantitative estimate of drug-likeness (QED) is 0.575. The maximum absolute atomic E-state index is 3.03. The van der Waals surface area contributed by atoms with Gasteiger partial charge in [-0.15, -0.1) is 0 Å². The Morgan fingerprint density at radius 3 is 1.93 bits per heavy atom. The highest BCUT2D eigenvalue weighted by Crippen LogP contribution is 2.44. The van der Waals surface area contributed by atoms with E-state index >= 15 is 0 Å². The highest BCUT2D eigenvalue weighted by Gasteiger charge is 2.43. The lowest BCUT2D eigenvalue weighted by Crippen LogP contribution is -2.49. The average molecular weight is 365 g/mol. The predicted octanol–water partition coefficient (Wildman–Crippen LogP) is 6.70. The van der Waals surface area contributed by atoms with E-state index in [9.17, 15) is 0 Å². The largest absolute Gasteiger partial charge is 0.344 e. The van der Waals surface area contributed by atoms with Gasteiger partial charge in [-0.2, -0.15) is 0 Å². The minimum atomic E-state index is 0.707. The van der Waals surface area contributed by atoms with Gasteiger partial charge in [0.05, 0.1) is 0 Å². The maximum atomic E-state index is 3.03. The molecule has 1 aromatic carbocycles. The molecular weight excluding hydrogens is 328 g/mol. The third-order valence-corrected chi connectivity index (χ3v) is 7.78. The average Bonchev–Trinajstić information content (AvgIpc) is 3.24. The highest BCUT2D eigenvalue weighted by molar-refractivity contribution is 5.80. The number of rotatable bonds is 2. The van der Waals surface area contributed by atoms with Crippen LogP contribution in [0.15, 0.2) is 36.5 Å². The molecule has 27 heavy (non-hydrogen) atoms. The molecule has 2 heteroatoms. The van der Waals surface area contributed by atoms with Crippen molar-refractivity contribution in [1.82, 2.24) is 9.47 Å². The normalized spacial score (nSPS) is 31.3. The molecule has 3 fully saturated rings. The highest BCUT2D eigenvalue weighted by atomic mass is 15.3. The van der Waals surface area contributed by atoms with Gasteiger partial charge in [-0.3, -0.25) is 4.90 Å². The lowest BCUT2D eigenvalue weighted by atomic mass is 9.90. The zero-order valence-corrected chi connectivity index (χ0v) is 16.9. The Morgan fingerprint density at radius 1 is 0.593 bits per heavy atom. The van der Waals surface area contributed by atoms with E-state index in [0.29, 0.717) is 6.04 Å². The van der Waals surface area contributed by atoms with Crippen molar-refractivity contribution in [3.63, 3.8) is 0 Å². The Kier molecular flexibility index (Phi) is 5.27. The van der Waals surface area contributed by atoms with E-state index in [2.05, 4.69) is 46.0 Å². The van der Waals surface area contributed by atoms with E-state index in [1.165, 1.54) is 94.4 Å². The van der Waals surface area contributed by atoms with Crippen molar-refractivity contribution >= 4 is 10.9 Å². The minimum Gasteiger partial charge on any atom is -0.344 e. The molecule has 5 rings (SSSR count). The van der Waals surface area contributed by atoms with E-state index in [4.69, 9.17) is 0 Å². The Bertz CT molecular complexity index is 724. The molecule has 2 aliphatic heterocycles. The fourth-order valence-corrected chi connectivity index (χ4v) is 6.52. The first-order chi connectivity index (χ1) is 13.4. The van der Waals surface area contributed by atoms with Crippen molar-refractivity contribution in [2.75, 3.05) is 0 Å². The molecule has 1 aliphatic carbocycles. The molecule has 0 N–H and O–H groups in total. The second-order valence-electron chi connectivity index (χ2n) is 9.45. The summed E-state index contributed by atoms with van der Waals surface area (Å²) in [4.78, 5) is 3.03. The standard InChI is InChI=1S/C25H36N2/c1-2-4-6-11-21(12-7-5-3-1)27-22-14-15-23(27)19-24(18-22)26-17-16-20-10-8-9-13-25(20)26/h8-10,13,16-17,21-24H,1-7,11-12,14-15,18-19H2/t22-,23+,24?. The Labute approximate surface area is 164 Å². The lowest BCUT2D eigenvalue weighted by Gasteiger charge is -2.44. The molecule has 3 aliphatic rings. The first-order valence-electron chi connectivity index (χ1n) is 11.7. The summed E-state index contributed by atoms with van der Waals surface area (Å²) >= 11 is 0. The van der Waals surface area contributed by atoms with Crippen LogP contribution in [0.25, 0.3) is 10.9 Å². The van der Waals surface area contributed by atoms with Gasteiger partial charge in [0.1, 0.15) is 0 Å².